The van der Waals surface area contributed by atoms with Crippen LogP contribution in [0, 0.1) is 16.7 Å². The number of morpholine rings is 1. The van der Waals surface area contributed by atoms with Crippen LogP contribution in [0.15, 0.2) is 71.8 Å². The first-order valence-electron chi connectivity index (χ1n) is 23.7. The van der Waals surface area contributed by atoms with Gasteiger partial charge in [0, 0.05) is 38.3 Å². The van der Waals surface area contributed by atoms with Gasteiger partial charge in [0.15, 0.2) is 23.8 Å². The minimum absolute atomic E-state index is 0.0627. The van der Waals surface area contributed by atoms with Gasteiger partial charge in [-0.2, -0.15) is 0 Å². The SMILES string of the molecule is CC(=O)O[C@@]12CO[C@@H]1C[C@H](O)[C@@]1(C)C(=O)[C@H](O)C3=C(C)[C@@H](OC(=O)[C@H](OC(O)CCCN4CCOCC4)[C@@H](NC(=O)OC(C)(C)C)c4ccccc4)C[C@@](O)([C@@H](OC(=O)c4ccccc4)C12)C3(C)C. The van der Waals surface area contributed by atoms with Crippen LogP contribution in [0.25, 0.3) is 0 Å². The van der Waals surface area contributed by atoms with Crippen LogP contribution >= 0.6 is 0 Å². The number of carbonyl (C=O) groups excluding carboxylic acids is 5. The van der Waals surface area contributed by atoms with Gasteiger partial charge in [-0.1, -0.05) is 62.4 Å². The molecule has 5 N–H and O–H groups in total. The van der Waals surface area contributed by atoms with E-state index in [-0.39, 0.29) is 36.2 Å². The summed E-state index contributed by atoms with van der Waals surface area (Å²) in [6.07, 6.45) is -12.3. The number of nitrogens with one attached hydrogen (secondary N) is 1. The maximum absolute atomic E-state index is 15.2. The lowest BCUT2D eigenvalue weighted by Gasteiger charge is -2.67. The number of benzene rings is 2. The monoisotopic (exact) mass is 964 g/mol. The van der Waals surface area contributed by atoms with Gasteiger partial charge in [0.2, 0.25) is 0 Å². The molecule has 5 aliphatic rings. The lowest BCUT2D eigenvalue weighted by molar-refractivity contribution is -0.346. The molecule has 2 saturated heterocycles. The Morgan fingerprint density at radius 1 is 0.957 bits per heavy atom. The van der Waals surface area contributed by atoms with Gasteiger partial charge < -0.3 is 58.9 Å². The number of amides is 1. The van der Waals surface area contributed by atoms with Gasteiger partial charge in [-0.05, 0) is 82.8 Å². The van der Waals surface area contributed by atoms with Crippen molar-refractivity contribution in [1.29, 1.82) is 0 Å². The topological polar surface area (TPSA) is 246 Å². The molecule has 2 aliphatic heterocycles. The predicted molar refractivity (Wildman–Crippen MR) is 245 cm³/mol. The zero-order valence-corrected chi connectivity index (χ0v) is 40.7. The number of ketones is 1. The lowest BCUT2D eigenvalue weighted by atomic mass is 9.44. The lowest BCUT2D eigenvalue weighted by Crippen LogP contribution is -2.81. The van der Waals surface area contributed by atoms with Crippen LogP contribution in [-0.2, 0) is 47.5 Å². The third-order valence-electron chi connectivity index (χ3n) is 14.9. The van der Waals surface area contributed by atoms with E-state index in [0.29, 0.717) is 44.8 Å². The van der Waals surface area contributed by atoms with Crippen LogP contribution in [0.5, 0.6) is 0 Å². The van der Waals surface area contributed by atoms with E-state index in [1.165, 1.54) is 26.0 Å². The number of aliphatic hydroxyl groups excluding tert-OH is 3. The third kappa shape index (κ3) is 10.1. The highest BCUT2D eigenvalue weighted by Gasteiger charge is 2.78. The van der Waals surface area contributed by atoms with Crippen molar-refractivity contribution in [3.05, 3.63) is 82.9 Å². The van der Waals surface area contributed by atoms with Crippen molar-refractivity contribution in [3.63, 3.8) is 0 Å². The first-order valence-corrected chi connectivity index (χ1v) is 23.7. The van der Waals surface area contributed by atoms with Crippen molar-refractivity contribution >= 4 is 29.8 Å². The first kappa shape index (κ1) is 52.0. The quantitative estimate of drug-likeness (QED) is 0.0784. The summed E-state index contributed by atoms with van der Waals surface area (Å²) < 4.78 is 42.0. The predicted octanol–water partition coefficient (Wildman–Crippen LogP) is 3.71. The summed E-state index contributed by atoms with van der Waals surface area (Å²) in [6, 6.07) is 15.0. The van der Waals surface area contributed by atoms with Crippen LogP contribution in [-0.4, -0.2) is 154 Å². The number of fused-ring (bicyclic) bond motifs is 5. The maximum Gasteiger partial charge on any atom is 0.408 e. The molecule has 378 valence electrons. The van der Waals surface area contributed by atoms with Gasteiger partial charge in [0.05, 0.1) is 48.9 Å². The molecule has 4 fully saturated rings. The highest BCUT2D eigenvalue weighted by Crippen LogP contribution is 2.64. The molecule has 2 heterocycles. The Morgan fingerprint density at radius 3 is 2.19 bits per heavy atom. The van der Waals surface area contributed by atoms with Crippen LogP contribution in [0.2, 0.25) is 0 Å². The highest BCUT2D eigenvalue weighted by atomic mass is 16.6. The summed E-state index contributed by atoms with van der Waals surface area (Å²) in [6.45, 7) is 15.1. The van der Waals surface area contributed by atoms with E-state index in [4.69, 9.17) is 33.2 Å². The van der Waals surface area contributed by atoms with Crippen molar-refractivity contribution in [3.8, 4) is 0 Å². The van der Waals surface area contributed by atoms with Crippen molar-refractivity contribution in [1.82, 2.24) is 10.2 Å². The number of nitrogens with zero attached hydrogens (tertiary/aromatic N) is 1. The molecular formula is C51H68N2O16. The molecule has 0 spiro atoms. The molecular weight excluding hydrogens is 897 g/mol. The largest absolute Gasteiger partial charge is 0.456 e. The zero-order chi connectivity index (χ0) is 50.3. The second-order valence-electron chi connectivity index (χ2n) is 20.7. The fourth-order valence-electron chi connectivity index (χ4n) is 11.2. The summed E-state index contributed by atoms with van der Waals surface area (Å²) in [5, 5.41) is 52.5. The Labute approximate surface area is 402 Å². The Hall–Kier alpha value is -4.79. The van der Waals surface area contributed by atoms with Gasteiger partial charge in [-0.15, -0.1) is 0 Å². The second-order valence-corrected chi connectivity index (χ2v) is 20.7. The molecule has 18 heteroatoms. The molecule has 18 nitrogen and oxygen atoms in total. The van der Waals surface area contributed by atoms with E-state index in [2.05, 4.69) is 10.2 Å². The van der Waals surface area contributed by atoms with E-state index in [1.807, 2.05) is 0 Å². The number of aliphatic hydroxyl groups is 4. The molecule has 0 radical (unpaired) electrons. The number of carbonyl (C=O) groups is 5. The van der Waals surface area contributed by atoms with Gasteiger partial charge in [-0.25, -0.2) is 14.4 Å². The summed E-state index contributed by atoms with van der Waals surface area (Å²) in [5.74, 6) is -5.27. The van der Waals surface area contributed by atoms with Crippen molar-refractivity contribution in [2.24, 2.45) is 16.7 Å². The fraction of sp³-hybridized carbons (Fsp3) is 0.627. The minimum Gasteiger partial charge on any atom is -0.456 e. The van der Waals surface area contributed by atoms with Crippen LogP contribution < -0.4 is 5.32 Å². The average molecular weight is 965 g/mol. The molecule has 12 atom stereocenters. The van der Waals surface area contributed by atoms with E-state index < -0.39 is 119 Å². The molecule has 2 aromatic carbocycles. The number of hydrogen-bond donors (Lipinski definition) is 5. The van der Waals surface area contributed by atoms with Gasteiger partial charge in [0.1, 0.15) is 35.6 Å². The Bertz CT molecular complexity index is 2240. The number of Topliss-reactive ketones (excluding diaryl/α,β-unsaturated/α-hetero) is 1. The highest BCUT2D eigenvalue weighted by molar-refractivity contribution is 5.94. The molecule has 1 amide bonds. The second kappa shape index (κ2) is 20.1. The van der Waals surface area contributed by atoms with E-state index in [1.54, 1.807) is 83.1 Å². The van der Waals surface area contributed by atoms with Gasteiger partial charge >= 0.3 is 24.0 Å². The van der Waals surface area contributed by atoms with Crippen molar-refractivity contribution in [2.75, 3.05) is 39.5 Å². The van der Waals surface area contributed by atoms with E-state index >= 15 is 9.59 Å². The Morgan fingerprint density at radius 2 is 1.59 bits per heavy atom. The Kier molecular flexibility index (Phi) is 15.2. The summed E-state index contributed by atoms with van der Waals surface area (Å²) in [5.41, 5.74) is -8.25. The third-order valence-corrected chi connectivity index (χ3v) is 14.9. The van der Waals surface area contributed by atoms with Gasteiger partial charge in [-0.3, -0.25) is 14.5 Å². The normalized spacial score (nSPS) is 32.3. The molecule has 2 saturated carbocycles. The number of hydrogen-bond acceptors (Lipinski definition) is 17. The molecule has 69 heavy (non-hydrogen) atoms. The zero-order valence-electron chi connectivity index (χ0n) is 40.7. The maximum atomic E-state index is 15.2. The number of rotatable bonds is 14. The molecule has 0 aromatic heterocycles. The molecule has 7 rings (SSSR count). The summed E-state index contributed by atoms with van der Waals surface area (Å²) >= 11 is 0. The minimum atomic E-state index is -2.39. The van der Waals surface area contributed by atoms with Crippen molar-refractivity contribution in [2.45, 2.75) is 147 Å². The standard InChI is InChI=1S/C51H68N2O16/c1-29-33(65-45(60)40(66-36(56)20-15-21-53-22-24-63-25-23-53)38(31-16-11-9-12-17-31)52-46(61)69-47(3,4)5)27-51(62)43(67-44(59)32-18-13-10-14-19-32)41-49(8,42(58)39(57)37(29)48(51,6)7)34(55)26-35-50(41,28-64-35)68-30(2)54/h9-14,16-19,33-36,38-41,43,55-57,62H,15,20-28H2,1-8H3,(H,52,61)/t33-,34-,35+,36?,38-,39+,40+,41?,43-,49+,50-,51+/m0/s1. The van der Waals surface area contributed by atoms with Crippen molar-refractivity contribution < 1.29 is 77.6 Å². The number of esters is 3. The number of ether oxygens (including phenoxy) is 7. The fourth-order valence-corrected chi connectivity index (χ4v) is 11.2. The number of alkyl carbamates (subject to hydrolysis) is 1. The average Bonchev–Trinajstić information content (AvgIpc) is 3.29. The van der Waals surface area contributed by atoms with E-state index in [0.717, 1.165) is 6.92 Å². The van der Waals surface area contributed by atoms with Crippen LogP contribution in [0.4, 0.5) is 4.79 Å². The Balaban J connectivity index is 1.33. The molecule has 2 aromatic rings. The summed E-state index contributed by atoms with van der Waals surface area (Å²) in [4.78, 5) is 73.5. The smallest absolute Gasteiger partial charge is 0.408 e. The van der Waals surface area contributed by atoms with E-state index in [9.17, 15) is 34.8 Å². The molecule has 2 bridgehead atoms. The van der Waals surface area contributed by atoms with Crippen LogP contribution in [0.1, 0.15) is 103 Å². The molecule has 2 unspecified atom stereocenters. The first-order chi connectivity index (χ1) is 32.4. The summed E-state index contributed by atoms with van der Waals surface area (Å²) in [7, 11) is 0. The molecule has 3 aliphatic carbocycles. The van der Waals surface area contributed by atoms with Crippen LogP contribution in [0.3, 0.4) is 0 Å². The van der Waals surface area contributed by atoms with Gasteiger partial charge in [0.25, 0.3) is 0 Å².